The summed E-state index contributed by atoms with van der Waals surface area (Å²) in [5, 5.41) is 6.23. The van der Waals surface area contributed by atoms with E-state index in [-0.39, 0.29) is 5.91 Å². The standard InChI is InChI=1S/C8H11BrN2OS/c1-6-5-13-8(11-6)2-3-10-7(12)4-9/h5H,2-4H2,1H3,(H,10,12). The number of nitrogens with zero attached hydrogens (tertiary/aromatic N) is 1. The summed E-state index contributed by atoms with van der Waals surface area (Å²) in [4.78, 5) is 15.1. The van der Waals surface area contributed by atoms with Crippen LogP contribution in [0.25, 0.3) is 0 Å². The largest absolute Gasteiger partial charge is 0.355 e. The van der Waals surface area contributed by atoms with Crippen molar-refractivity contribution < 1.29 is 4.79 Å². The van der Waals surface area contributed by atoms with Crippen LogP contribution in [0.5, 0.6) is 0 Å². The van der Waals surface area contributed by atoms with Gasteiger partial charge in [-0.15, -0.1) is 11.3 Å². The molecular weight excluding hydrogens is 252 g/mol. The molecular formula is C8H11BrN2OS. The Hall–Kier alpha value is -0.420. The second kappa shape index (κ2) is 5.34. The number of alkyl halides is 1. The maximum atomic E-state index is 10.8. The summed E-state index contributed by atoms with van der Waals surface area (Å²) in [6.45, 7) is 2.63. The normalized spacial score (nSPS) is 10.0. The molecule has 0 bridgehead atoms. The SMILES string of the molecule is Cc1csc(CCNC(=O)CBr)n1. The third-order valence-corrected chi connectivity index (χ3v) is 2.98. The van der Waals surface area contributed by atoms with Crippen molar-refractivity contribution in [2.75, 3.05) is 11.9 Å². The van der Waals surface area contributed by atoms with Crippen LogP contribution in [0.2, 0.25) is 0 Å². The quantitative estimate of drug-likeness (QED) is 0.836. The van der Waals surface area contributed by atoms with Gasteiger partial charge in [-0.3, -0.25) is 4.79 Å². The fraction of sp³-hybridized carbons (Fsp3) is 0.500. The van der Waals surface area contributed by atoms with E-state index < -0.39 is 0 Å². The Kier molecular flexibility index (Phi) is 4.38. The molecule has 0 unspecified atom stereocenters. The van der Waals surface area contributed by atoms with Crippen LogP contribution in [-0.4, -0.2) is 22.8 Å². The molecule has 0 saturated carbocycles. The van der Waals surface area contributed by atoms with Gasteiger partial charge in [-0.2, -0.15) is 0 Å². The summed E-state index contributed by atoms with van der Waals surface area (Å²) in [6.07, 6.45) is 0.817. The number of rotatable bonds is 4. The highest BCUT2D eigenvalue weighted by atomic mass is 79.9. The van der Waals surface area contributed by atoms with E-state index in [9.17, 15) is 4.79 Å². The van der Waals surface area contributed by atoms with Gasteiger partial charge in [0.15, 0.2) is 0 Å². The van der Waals surface area contributed by atoms with Gasteiger partial charge in [-0.25, -0.2) is 4.98 Å². The van der Waals surface area contributed by atoms with Crippen molar-refractivity contribution in [3.05, 3.63) is 16.1 Å². The number of aromatic nitrogens is 1. The molecule has 1 rings (SSSR count). The van der Waals surface area contributed by atoms with Crippen LogP contribution >= 0.6 is 27.3 Å². The van der Waals surface area contributed by atoms with Crippen molar-refractivity contribution in [1.82, 2.24) is 10.3 Å². The Bertz CT molecular complexity index is 287. The summed E-state index contributed by atoms with van der Waals surface area (Å²) in [6, 6.07) is 0. The molecule has 0 fully saturated rings. The summed E-state index contributed by atoms with van der Waals surface area (Å²) in [5.41, 5.74) is 1.05. The molecule has 1 heterocycles. The molecule has 1 aromatic rings. The highest BCUT2D eigenvalue weighted by molar-refractivity contribution is 9.09. The van der Waals surface area contributed by atoms with E-state index in [2.05, 4.69) is 26.2 Å². The Labute approximate surface area is 89.7 Å². The molecule has 13 heavy (non-hydrogen) atoms. The van der Waals surface area contributed by atoms with Crippen LogP contribution in [0, 0.1) is 6.92 Å². The van der Waals surface area contributed by atoms with E-state index in [0.29, 0.717) is 11.9 Å². The second-order valence-electron chi connectivity index (χ2n) is 2.62. The third-order valence-electron chi connectivity index (χ3n) is 1.45. The van der Waals surface area contributed by atoms with Crippen molar-refractivity contribution in [2.45, 2.75) is 13.3 Å². The zero-order valence-corrected chi connectivity index (χ0v) is 9.74. The van der Waals surface area contributed by atoms with Crippen LogP contribution in [-0.2, 0) is 11.2 Å². The van der Waals surface area contributed by atoms with Gasteiger partial charge >= 0.3 is 0 Å². The summed E-state index contributed by atoms with van der Waals surface area (Å²) >= 11 is 4.71. The Morgan fingerprint density at radius 3 is 3.08 bits per heavy atom. The van der Waals surface area contributed by atoms with Crippen molar-refractivity contribution in [3.63, 3.8) is 0 Å². The topological polar surface area (TPSA) is 42.0 Å². The van der Waals surface area contributed by atoms with Gasteiger partial charge in [0, 0.05) is 24.0 Å². The minimum atomic E-state index is 0.0216. The van der Waals surface area contributed by atoms with E-state index >= 15 is 0 Å². The lowest BCUT2D eigenvalue weighted by Gasteiger charge is -1.99. The van der Waals surface area contributed by atoms with Crippen molar-refractivity contribution in [2.24, 2.45) is 0 Å². The van der Waals surface area contributed by atoms with Crippen LogP contribution in [0.15, 0.2) is 5.38 Å². The lowest BCUT2D eigenvalue weighted by molar-refractivity contribution is -0.118. The number of halogens is 1. The molecule has 0 aromatic carbocycles. The first kappa shape index (κ1) is 10.7. The Morgan fingerprint density at radius 2 is 2.54 bits per heavy atom. The number of hydrogen-bond acceptors (Lipinski definition) is 3. The number of nitrogens with one attached hydrogen (secondary N) is 1. The highest BCUT2D eigenvalue weighted by Crippen LogP contribution is 2.08. The number of thiazole rings is 1. The molecule has 1 aromatic heterocycles. The van der Waals surface area contributed by atoms with Crippen LogP contribution in [0.1, 0.15) is 10.7 Å². The van der Waals surface area contributed by atoms with Crippen LogP contribution < -0.4 is 5.32 Å². The molecule has 0 spiro atoms. The average molecular weight is 263 g/mol. The smallest absolute Gasteiger partial charge is 0.230 e. The van der Waals surface area contributed by atoms with Crippen molar-refractivity contribution in [3.8, 4) is 0 Å². The van der Waals surface area contributed by atoms with E-state index in [4.69, 9.17) is 0 Å². The lowest BCUT2D eigenvalue weighted by Crippen LogP contribution is -2.26. The maximum absolute atomic E-state index is 10.8. The van der Waals surface area contributed by atoms with Gasteiger partial charge in [0.1, 0.15) is 0 Å². The molecule has 0 aliphatic carbocycles. The zero-order chi connectivity index (χ0) is 9.68. The highest BCUT2D eigenvalue weighted by Gasteiger charge is 2.00. The third kappa shape index (κ3) is 3.87. The minimum absolute atomic E-state index is 0.0216. The maximum Gasteiger partial charge on any atom is 0.230 e. The lowest BCUT2D eigenvalue weighted by atomic mass is 10.4. The molecule has 1 N–H and O–H groups in total. The molecule has 3 nitrogen and oxygen atoms in total. The molecule has 0 atom stereocenters. The number of amides is 1. The number of carbonyl (C=O) groups excluding carboxylic acids is 1. The monoisotopic (exact) mass is 262 g/mol. The first-order valence-electron chi connectivity index (χ1n) is 3.96. The van der Waals surface area contributed by atoms with Gasteiger partial charge in [-0.1, -0.05) is 15.9 Å². The second-order valence-corrected chi connectivity index (χ2v) is 4.12. The van der Waals surface area contributed by atoms with Crippen molar-refractivity contribution >= 4 is 33.2 Å². The summed E-state index contributed by atoms with van der Waals surface area (Å²) in [7, 11) is 0. The number of carbonyl (C=O) groups is 1. The van der Waals surface area contributed by atoms with Gasteiger partial charge < -0.3 is 5.32 Å². The van der Waals surface area contributed by atoms with Crippen LogP contribution in [0.4, 0.5) is 0 Å². The molecule has 72 valence electrons. The minimum Gasteiger partial charge on any atom is -0.355 e. The van der Waals surface area contributed by atoms with E-state index in [1.807, 2.05) is 12.3 Å². The van der Waals surface area contributed by atoms with Gasteiger partial charge in [0.2, 0.25) is 5.91 Å². The summed E-state index contributed by atoms with van der Waals surface area (Å²) < 4.78 is 0. The fourth-order valence-electron chi connectivity index (χ4n) is 0.874. The molecule has 0 aliphatic heterocycles. The molecule has 0 aliphatic rings. The summed E-state index contributed by atoms with van der Waals surface area (Å²) in [5.74, 6) is 0.0216. The average Bonchev–Trinajstić information content (AvgIpc) is 2.51. The first-order chi connectivity index (χ1) is 6.22. The van der Waals surface area contributed by atoms with E-state index in [1.54, 1.807) is 11.3 Å². The van der Waals surface area contributed by atoms with Gasteiger partial charge in [0.25, 0.3) is 0 Å². The molecule has 5 heteroatoms. The first-order valence-corrected chi connectivity index (χ1v) is 5.96. The molecule has 0 saturated heterocycles. The van der Waals surface area contributed by atoms with Gasteiger partial charge in [0.05, 0.1) is 10.3 Å². The number of hydrogen-bond donors (Lipinski definition) is 1. The fourth-order valence-corrected chi connectivity index (χ4v) is 1.85. The molecule has 1 amide bonds. The Balaban J connectivity index is 2.24. The number of aryl methyl sites for hydroxylation is 1. The predicted octanol–water partition coefficient (Wildman–Crippen LogP) is 1.51. The van der Waals surface area contributed by atoms with Crippen molar-refractivity contribution in [1.29, 1.82) is 0 Å². The predicted molar refractivity (Wildman–Crippen MR) is 57.4 cm³/mol. The van der Waals surface area contributed by atoms with E-state index in [0.717, 1.165) is 17.1 Å². The molecule has 0 radical (unpaired) electrons. The van der Waals surface area contributed by atoms with Crippen LogP contribution in [0.3, 0.4) is 0 Å². The van der Waals surface area contributed by atoms with Gasteiger partial charge in [-0.05, 0) is 6.92 Å². The Morgan fingerprint density at radius 1 is 1.77 bits per heavy atom. The van der Waals surface area contributed by atoms with E-state index in [1.165, 1.54) is 0 Å². The zero-order valence-electron chi connectivity index (χ0n) is 7.34.